The van der Waals surface area contributed by atoms with Crippen molar-refractivity contribution in [3.05, 3.63) is 69.7 Å². The van der Waals surface area contributed by atoms with Crippen LogP contribution in [0.4, 0.5) is 8.78 Å². The molecule has 94 valence electrons. The van der Waals surface area contributed by atoms with E-state index in [0.29, 0.717) is 11.1 Å². The monoisotopic (exact) mass is 267 g/mol. The maximum atomic E-state index is 13.4. The topological polar surface area (TPSA) is 26.0 Å². The zero-order chi connectivity index (χ0) is 13.3. The van der Waals surface area contributed by atoms with Crippen molar-refractivity contribution in [2.45, 2.75) is 13.0 Å². The summed E-state index contributed by atoms with van der Waals surface area (Å²) >= 11 is 5.88. The Morgan fingerprint density at radius 1 is 1.11 bits per heavy atom. The summed E-state index contributed by atoms with van der Waals surface area (Å²) in [6, 6.07) is 8.13. The molecule has 0 spiro atoms. The van der Waals surface area contributed by atoms with E-state index in [2.05, 4.69) is 0 Å². The third-order valence-corrected chi connectivity index (χ3v) is 3.29. The Bertz CT molecular complexity index is 582. The first kappa shape index (κ1) is 13.0. The van der Waals surface area contributed by atoms with Crippen LogP contribution < -0.4 is 5.73 Å². The van der Waals surface area contributed by atoms with E-state index in [4.69, 9.17) is 17.3 Å². The second kappa shape index (κ2) is 5.04. The van der Waals surface area contributed by atoms with E-state index in [1.165, 1.54) is 24.3 Å². The zero-order valence-electron chi connectivity index (χ0n) is 9.75. The van der Waals surface area contributed by atoms with Gasteiger partial charge in [-0.3, -0.25) is 0 Å². The molecule has 0 aliphatic heterocycles. The van der Waals surface area contributed by atoms with E-state index in [9.17, 15) is 8.78 Å². The molecular formula is C14H12ClF2N. The third-order valence-electron chi connectivity index (χ3n) is 2.89. The predicted molar refractivity (Wildman–Crippen MR) is 68.6 cm³/mol. The smallest absolute Gasteiger partial charge is 0.142 e. The second-order valence-corrected chi connectivity index (χ2v) is 4.50. The van der Waals surface area contributed by atoms with Crippen molar-refractivity contribution < 1.29 is 8.78 Å². The number of halogens is 3. The van der Waals surface area contributed by atoms with Gasteiger partial charge < -0.3 is 5.73 Å². The maximum Gasteiger partial charge on any atom is 0.142 e. The summed E-state index contributed by atoms with van der Waals surface area (Å²) in [5.74, 6) is -0.905. The van der Waals surface area contributed by atoms with Gasteiger partial charge in [-0.15, -0.1) is 0 Å². The molecule has 18 heavy (non-hydrogen) atoms. The number of rotatable bonds is 2. The Morgan fingerprint density at radius 2 is 1.83 bits per heavy atom. The highest BCUT2D eigenvalue weighted by atomic mass is 35.5. The van der Waals surface area contributed by atoms with Crippen molar-refractivity contribution in [2.24, 2.45) is 5.73 Å². The lowest BCUT2D eigenvalue weighted by molar-refractivity contribution is 0.619. The molecular weight excluding hydrogens is 256 g/mol. The summed E-state index contributed by atoms with van der Waals surface area (Å²) in [6.45, 7) is 1.82. The number of aryl methyl sites for hydroxylation is 1. The van der Waals surface area contributed by atoms with Crippen LogP contribution in [0.1, 0.15) is 22.7 Å². The van der Waals surface area contributed by atoms with Crippen LogP contribution in [-0.2, 0) is 0 Å². The molecule has 0 aromatic heterocycles. The van der Waals surface area contributed by atoms with Crippen LogP contribution in [0.3, 0.4) is 0 Å². The van der Waals surface area contributed by atoms with Gasteiger partial charge in [-0.1, -0.05) is 29.8 Å². The average molecular weight is 268 g/mol. The first-order valence-electron chi connectivity index (χ1n) is 5.46. The van der Waals surface area contributed by atoms with Crippen molar-refractivity contribution in [2.75, 3.05) is 0 Å². The van der Waals surface area contributed by atoms with Gasteiger partial charge >= 0.3 is 0 Å². The molecule has 1 nitrogen and oxygen atoms in total. The fourth-order valence-corrected chi connectivity index (χ4v) is 2.12. The van der Waals surface area contributed by atoms with Crippen LogP contribution in [0.2, 0.25) is 5.02 Å². The quantitative estimate of drug-likeness (QED) is 0.875. The van der Waals surface area contributed by atoms with Gasteiger partial charge in [-0.05, 0) is 41.8 Å². The van der Waals surface area contributed by atoms with Crippen molar-refractivity contribution in [1.82, 2.24) is 0 Å². The van der Waals surface area contributed by atoms with Gasteiger partial charge in [0, 0.05) is 0 Å². The van der Waals surface area contributed by atoms with Crippen molar-refractivity contribution in [1.29, 1.82) is 0 Å². The van der Waals surface area contributed by atoms with Crippen LogP contribution in [-0.4, -0.2) is 0 Å². The fourth-order valence-electron chi connectivity index (χ4n) is 1.87. The van der Waals surface area contributed by atoms with E-state index >= 15 is 0 Å². The third kappa shape index (κ3) is 2.37. The largest absolute Gasteiger partial charge is 0.320 e. The van der Waals surface area contributed by atoms with E-state index in [-0.39, 0.29) is 10.8 Å². The van der Waals surface area contributed by atoms with Gasteiger partial charge in [-0.25, -0.2) is 8.78 Å². The van der Waals surface area contributed by atoms with Crippen LogP contribution in [0.5, 0.6) is 0 Å². The first-order chi connectivity index (χ1) is 8.50. The second-order valence-electron chi connectivity index (χ2n) is 4.12. The lowest BCUT2D eigenvalue weighted by Gasteiger charge is -2.17. The maximum absolute atomic E-state index is 13.4. The number of hydrogen-bond acceptors (Lipinski definition) is 1. The molecule has 2 aromatic rings. The first-order valence-corrected chi connectivity index (χ1v) is 5.84. The van der Waals surface area contributed by atoms with E-state index in [1.54, 1.807) is 12.1 Å². The summed E-state index contributed by atoms with van der Waals surface area (Å²) in [5, 5.41) is -0.0198. The van der Waals surface area contributed by atoms with Gasteiger partial charge in [0.05, 0.1) is 11.1 Å². The molecule has 0 amide bonds. The molecule has 1 atom stereocenters. The number of hydrogen-bond donors (Lipinski definition) is 1. The zero-order valence-corrected chi connectivity index (χ0v) is 10.5. The normalized spacial score (nSPS) is 12.5. The lowest BCUT2D eigenvalue weighted by atomic mass is 9.95. The average Bonchev–Trinajstić information content (AvgIpc) is 2.35. The van der Waals surface area contributed by atoms with Gasteiger partial charge in [0.25, 0.3) is 0 Å². The highest BCUT2D eigenvalue weighted by molar-refractivity contribution is 6.31. The fraction of sp³-hybridized carbons (Fsp3) is 0.143. The van der Waals surface area contributed by atoms with Crippen LogP contribution in [0.25, 0.3) is 0 Å². The van der Waals surface area contributed by atoms with Crippen LogP contribution in [0, 0.1) is 18.6 Å². The van der Waals surface area contributed by atoms with E-state index in [1.807, 2.05) is 6.92 Å². The van der Waals surface area contributed by atoms with E-state index < -0.39 is 11.9 Å². The molecule has 0 bridgehead atoms. The summed E-state index contributed by atoms with van der Waals surface area (Å²) < 4.78 is 26.6. The molecule has 1 unspecified atom stereocenters. The molecule has 0 heterocycles. The Morgan fingerprint density at radius 3 is 2.56 bits per heavy atom. The van der Waals surface area contributed by atoms with Gasteiger partial charge in [0.15, 0.2) is 0 Å². The summed E-state index contributed by atoms with van der Waals surface area (Å²) in [6.07, 6.45) is 0. The molecule has 0 fully saturated rings. The Labute approximate surface area is 109 Å². The van der Waals surface area contributed by atoms with E-state index in [0.717, 1.165) is 5.56 Å². The minimum absolute atomic E-state index is 0.0198. The number of benzene rings is 2. The molecule has 2 N–H and O–H groups in total. The highest BCUT2D eigenvalue weighted by Crippen LogP contribution is 2.30. The predicted octanol–water partition coefficient (Wildman–Crippen LogP) is 3.97. The molecule has 0 aliphatic rings. The Balaban J connectivity index is 2.51. The molecule has 4 heteroatoms. The standard InChI is InChI=1S/C14H12ClF2N/c1-8-5-6-9(16)7-11(8)14(18)10-3-2-4-12(17)13(10)15/h2-7,14H,18H2,1H3. The molecule has 0 aliphatic carbocycles. The molecule has 0 saturated carbocycles. The number of nitrogens with two attached hydrogens (primary N) is 1. The van der Waals surface area contributed by atoms with Gasteiger partial charge in [0.2, 0.25) is 0 Å². The summed E-state index contributed by atoms with van der Waals surface area (Å²) in [7, 11) is 0. The van der Waals surface area contributed by atoms with Crippen molar-refractivity contribution in [3.8, 4) is 0 Å². The van der Waals surface area contributed by atoms with Gasteiger partial charge in [-0.2, -0.15) is 0 Å². The lowest BCUT2D eigenvalue weighted by Crippen LogP contribution is -2.14. The van der Waals surface area contributed by atoms with Crippen LogP contribution >= 0.6 is 11.6 Å². The van der Waals surface area contributed by atoms with Crippen LogP contribution in [0.15, 0.2) is 36.4 Å². The molecule has 2 rings (SSSR count). The molecule has 2 aromatic carbocycles. The molecule has 0 saturated heterocycles. The van der Waals surface area contributed by atoms with Gasteiger partial charge in [0.1, 0.15) is 11.6 Å². The van der Waals surface area contributed by atoms with Crippen molar-refractivity contribution >= 4 is 11.6 Å². The van der Waals surface area contributed by atoms with Crippen molar-refractivity contribution in [3.63, 3.8) is 0 Å². The SMILES string of the molecule is Cc1ccc(F)cc1C(N)c1cccc(F)c1Cl. The molecule has 0 radical (unpaired) electrons. The minimum Gasteiger partial charge on any atom is -0.320 e. The Kier molecular flexibility index (Phi) is 3.64. The summed E-state index contributed by atoms with van der Waals surface area (Å²) in [4.78, 5) is 0. The minimum atomic E-state index is -0.649. The highest BCUT2D eigenvalue weighted by Gasteiger charge is 2.17. The Hall–Kier alpha value is -1.45. The summed E-state index contributed by atoms with van der Waals surface area (Å²) in [5.41, 5.74) is 7.92.